The Balaban J connectivity index is 0.000000845. The summed E-state index contributed by atoms with van der Waals surface area (Å²) in [7, 11) is 1.40. The Hall–Kier alpha value is -4.95. The molecule has 294 valence electrons. The zero-order valence-electron chi connectivity index (χ0n) is 28.5. The summed E-state index contributed by atoms with van der Waals surface area (Å²) in [5.74, 6) is -7.85. The number of nitrogens with two attached hydrogens (primary N) is 1. The molecule has 0 spiro atoms. The fourth-order valence-corrected chi connectivity index (χ4v) is 6.15. The van der Waals surface area contributed by atoms with Crippen LogP contribution in [0, 0.1) is 17.6 Å². The topological polar surface area (TPSA) is 163 Å². The molecule has 3 heterocycles. The molecule has 0 atom stereocenters. The van der Waals surface area contributed by atoms with Crippen molar-refractivity contribution in [3.63, 3.8) is 0 Å². The van der Waals surface area contributed by atoms with Crippen molar-refractivity contribution in [2.24, 2.45) is 18.7 Å². The molecule has 3 aromatic rings. The second-order valence-electron chi connectivity index (χ2n) is 12.1. The third-order valence-corrected chi connectivity index (χ3v) is 9.00. The van der Waals surface area contributed by atoms with Crippen molar-refractivity contribution in [1.82, 2.24) is 24.3 Å². The Morgan fingerprint density at radius 1 is 1.00 bits per heavy atom. The number of carbonyl (C=O) groups is 4. The first-order chi connectivity index (χ1) is 25.4. The third kappa shape index (κ3) is 10.2. The van der Waals surface area contributed by atoms with Crippen molar-refractivity contribution in [3.05, 3.63) is 64.6 Å². The normalized spacial score (nSPS) is 15.5. The molecule has 5 rings (SSSR count). The first-order valence-corrected chi connectivity index (χ1v) is 16.7. The van der Waals surface area contributed by atoms with Crippen molar-refractivity contribution in [2.45, 2.75) is 25.6 Å². The Morgan fingerprint density at radius 2 is 1.61 bits per heavy atom. The lowest BCUT2D eigenvalue weighted by Gasteiger charge is -2.38. The van der Waals surface area contributed by atoms with E-state index in [-0.39, 0.29) is 51.1 Å². The van der Waals surface area contributed by atoms with Crippen molar-refractivity contribution >= 4 is 41.0 Å². The highest BCUT2D eigenvalue weighted by Gasteiger charge is 2.38. The van der Waals surface area contributed by atoms with E-state index in [9.17, 15) is 45.1 Å². The summed E-state index contributed by atoms with van der Waals surface area (Å²) in [5.41, 5.74) is 5.80. The molecule has 0 bridgehead atoms. The molecule has 2 fully saturated rings. The zero-order valence-corrected chi connectivity index (χ0v) is 29.3. The SMILES string of the molecule is Cn1c(-c2ccc(OC(F)F)c(F)c2F)cnc1C(=O)Nc1ccc(C(=O)N2CCN(C(=O)C3CCN(CCN)CC3)CC2)c(Cl)c1.O=C(O)C(F)(F)F. The summed E-state index contributed by atoms with van der Waals surface area (Å²) in [6, 6.07) is 6.28. The van der Waals surface area contributed by atoms with Crippen molar-refractivity contribution in [1.29, 1.82) is 0 Å². The van der Waals surface area contributed by atoms with Gasteiger partial charge >= 0.3 is 18.8 Å². The number of anilines is 1. The minimum Gasteiger partial charge on any atom is -0.475 e. The number of nitrogens with zero attached hydrogens (tertiary/aromatic N) is 5. The van der Waals surface area contributed by atoms with Crippen LogP contribution >= 0.6 is 11.6 Å². The number of rotatable bonds is 9. The summed E-state index contributed by atoms with van der Waals surface area (Å²) in [6.45, 7) is 1.36. The van der Waals surface area contributed by atoms with Crippen LogP contribution in [-0.4, -0.2) is 118 Å². The van der Waals surface area contributed by atoms with Gasteiger partial charge in [0.25, 0.3) is 11.8 Å². The Labute approximate surface area is 308 Å². The molecule has 21 heteroatoms. The molecule has 2 saturated heterocycles. The Morgan fingerprint density at radius 3 is 2.17 bits per heavy atom. The molecular formula is C33H35ClF7N7O6. The van der Waals surface area contributed by atoms with Crippen molar-refractivity contribution in [2.75, 3.05) is 57.7 Å². The maximum absolute atomic E-state index is 14.7. The fraction of sp³-hybridized carbons (Fsp3) is 0.424. The lowest BCUT2D eigenvalue weighted by molar-refractivity contribution is -0.192. The molecule has 4 N–H and O–H groups in total. The molecule has 13 nitrogen and oxygen atoms in total. The number of carbonyl (C=O) groups excluding carboxylic acids is 3. The highest BCUT2D eigenvalue weighted by molar-refractivity contribution is 6.34. The number of imidazole rings is 1. The highest BCUT2D eigenvalue weighted by Crippen LogP contribution is 2.31. The van der Waals surface area contributed by atoms with E-state index in [0.29, 0.717) is 32.7 Å². The maximum Gasteiger partial charge on any atom is 0.490 e. The van der Waals surface area contributed by atoms with Crippen LogP contribution in [0.3, 0.4) is 0 Å². The van der Waals surface area contributed by atoms with Crippen LogP contribution in [0.1, 0.15) is 33.8 Å². The van der Waals surface area contributed by atoms with Crippen LogP contribution in [0.25, 0.3) is 11.3 Å². The van der Waals surface area contributed by atoms with E-state index in [0.717, 1.165) is 50.8 Å². The second-order valence-corrected chi connectivity index (χ2v) is 12.5. The molecule has 0 aliphatic carbocycles. The first kappa shape index (κ1) is 41.8. The van der Waals surface area contributed by atoms with Gasteiger partial charge in [-0.2, -0.15) is 26.3 Å². The van der Waals surface area contributed by atoms with Gasteiger partial charge in [-0.3, -0.25) is 14.4 Å². The number of nitrogens with one attached hydrogen (secondary N) is 1. The summed E-state index contributed by atoms with van der Waals surface area (Å²) in [4.78, 5) is 58.0. The molecular weight excluding hydrogens is 759 g/mol. The van der Waals surface area contributed by atoms with Crippen LogP contribution in [0.2, 0.25) is 5.02 Å². The number of aromatic nitrogens is 2. The fourth-order valence-electron chi connectivity index (χ4n) is 5.89. The van der Waals surface area contributed by atoms with E-state index in [1.54, 1.807) is 4.90 Å². The monoisotopic (exact) mass is 793 g/mol. The average molecular weight is 794 g/mol. The number of ether oxygens (including phenoxy) is 1. The molecule has 0 saturated carbocycles. The van der Waals surface area contributed by atoms with Crippen LogP contribution in [0.4, 0.5) is 36.4 Å². The molecule has 3 amide bonds. The van der Waals surface area contributed by atoms with Crippen LogP contribution in [0.5, 0.6) is 5.75 Å². The predicted molar refractivity (Wildman–Crippen MR) is 179 cm³/mol. The number of hydrogen-bond donors (Lipinski definition) is 3. The standard InChI is InChI=1S/C31H34ClF4N7O4.C2HF3O2/c1-40-23(21-4-5-24(47-31(35)36)26(34)25(21)33)17-38-27(40)28(44)39-19-2-3-20(22(32)16-19)30(46)43-14-12-42(13-15-43)29(45)18-6-9-41(10-7-18)11-8-37;3-2(4,5)1(6)7/h2-5,16-18,31H,6-15,37H2,1H3,(H,39,44);(H,6,7). The average Bonchev–Trinajstić information content (AvgIpc) is 3.51. The zero-order chi connectivity index (χ0) is 39.9. The van der Waals surface area contributed by atoms with Gasteiger partial charge < -0.3 is 40.2 Å². The maximum atomic E-state index is 14.7. The van der Waals surface area contributed by atoms with Gasteiger partial charge in [-0.25, -0.2) is 14.2 Å². The molecule has 2 aromatic carbocycles. The number of benzene rings is 2. The number of aliphatic carboxylic acids is 1. The molecule has 2 aliphatic heterocycles. The molecule has 2 aliphatic rings. The van der Waals surface area contributed by atoms with Gasteiger partial charge in [0.2, 0.25) is 11.7 Å². The summed E-state index contributed by atoms with van der Waals surface area (Å²) >= 11 is 6.45. The number of piperidine rings is 1. The van der Waals surface area contributed by atoms with Gasteiger partial charge in [0.05, 0.1) is 22.5 Å². The lowest BCUT2D eigenvalue weighted by Crippen LogP contribution is -2.53. The number of likely N-dealkylation sites (tertiary alicyclic amines) is 1. The van der Waals surface area contributed by atoms with E-state index in [1.807, 2.05) is 4.90 Å². The van der Waals surface area contributed by atoms with Gasteiger partial charge in [0.1, 0.15) is 0 Å². The number of piperazine rings is 1. The Bertz CT molecular complexity index is 1850. The number of carboxylic acid groups (broad SMARTS) is 1. The first-order valence-electron chi connectivity index (χ1n) is 16.3. The van der Waals surface area contributed by atoms with Gasteiger partial charge in [-0.1, -0.05) is 11.6 Å². The summed E-state index contributed by atoms with van der Waals surface area (Å²) in [6.07, 6.45) is -2.36. The van der Waals surface area contributed by atoms with Gasteiger partial charge in [-0.15, -0.1) is 0 Å². The number of halogens is 8. The molecule has 54 heavy (non-hydrogen) atoms. The number of amides is 3. The minimum atomic E-state index is -5.08. The van der Waals surface area contributed by atoms with Gasteiger partial charge in [0, 0.05) is 63.5 Å². The van der Waals surface area contributed by atoms with E-state index < -0.39 is 42.0 Å². The van der Waals surface area contributed by atoms with E-state index in [4.69, 9.17) is 27.2 Å². The largest absolute Gasteiger partial charge is 0.490 e. The predicted octanol–water partition coefficient (Wildman–Crippen LogP) is 4.46. The number of hydrogen-bond acceptors (Lipinski definition) is 8. The highest BCUT2D eigenvalue weighted by atomic mass is 35.5. The minimum absolute atomic E-state index is 0.00353. The Kier molecular flexibility index (Phi) is 13.9. The number of carboxylic acids is 1. The van der Waals surface area contributed by atoms with Crippen LogP contribution in [0.15, 0.2) is 36.5 Å². The van der Waals surface area contributed by atoms with Crippen molar-refractivity contribution in [3.8, 4) is 17.0 Å². The summed E-state index contributed by atoms with van der Waals surface area (Å²) in [5, 5.41) is 9.83. The van der Waals surface area contributed by atoms with E-state index in [1.165, 1.54) is 29.8 Å². The van der Waals surface area contributed by atoms with E-state index in [2.05, 4.69) is 19.9 Å². The smallest absolute Gasteiger partial charge is 0.475 e. The van der Waals surface area contributed by atoms with Crippen LogP contribution < -0.4 is 15.8 Å². The summed E-state index contributed by atoms with van der Waals surface area (Å²) < 4.78 is 90.8. The molecule has 0 radical (unpaired) electrons. The second kappa shape index (κ2) is 17.9. The quantitative estimate of drug-likeness (QED) is 0.266. The molecule has 0 unspecified atom stereocenters. The third-order valence-electron chi connectivity index (χ3n) is 8.69. The molecule has 1 aromatic heterocycles. The van der Waals surface area contributed by atoms with Crippen LogP contribution in [-0.2, 0) is 16.6 Å². The number of alkyl halides is 5. The van der Waals surface area contributed by atoms with Gasteiger partial charge in [0.15, 0.2) is 17.4 Å². The van der Waals surface area contributed by atoms with Gasteiger partial charge in [-0.05, 0) is 56.3 Å². The lowest BCUT2D eigenvalue weighted by atomic mass is 9.95. The van der Waals surface area contributed by atoms with E-state index >= 15 is 0 Å². The van der Waals surface area contributed by atoms with Crippen molar-refractivity contribution < 1.29 is 59.8 Å².